The molecule has 3 nitrogen and oxygen atoms in total. The van der Waals surface area contributed by atoms with Crippen LogP contribution in [0.15, 0.2) is 164 Å². The van der Waals surface area contributed by atoms with Gasteiger partial charge in [0, 0.05) is 32.5 Å². The van der Waals surface area contributed by atoms with Crippen LogP contribution in [0.2, 0.25) is 0 Å². The first-order valence-corrected chi connectivity index (χ1v) is 18.0. The van der Waals surface area contributed by atoms with Crippen molar-refractivity contribution in [2.24, 2.45) is 0 Å². The van der Waals surface area contributed by atoms with Crippen molar-refractivity contribution in [2.75, 3.05) is 0 Å². The molecule has 2 aromatic heterocycles. The number of hydrogen-bond acceptors (Lipinski definition) is 2. The molecule has 3 heteroatoms. The smallest absolute Gasteiger partial charge is 0.235 e. The summed E-state index contributed by atoms with van der Waals surface area (Å²) < 4.78 is 2.29. The summed E-state index contributed by atoms with van der Waals surface area (Å²) >= 11 is 0. The Balaban J connectivity index is 1.19. The molecule has 244 valence electrons. The Morgan fingerprint density at radius 2 is 1.10 bits per heavy atom. The lowest BCUT2D eigenvalue weighted by Crippen LogP contribution is -2.15. The molecule has 2 heterocycles. The van der Waals surface area contributed by atoms with Gasteiger partial charge in [0.2, 0.25) is 5.95 Å². The highest BCUT2D eigenvalue weighted by Crippen LogP contribution is 2.52. The van der Waals surface area contributed by atoms with Crippen molar-refractivity contribution in [3.05, 3.63) is 175 Å². The van der Waals surface area contributed by atoms with Crippen molar-refractivity contribution < 1.29 is 0 Å². The Hall–Kier alpha value is -6.58. The van der Waals surface area contributed by atoms with Gasteiger partial charge in [-0.05, 0) is 92.0 Å². The lowest BCUT2D eigenvalue weighted by molar-refractivity contribution is 0.661. The van der Waals surface area contributed by atoms with Crippen LogP contribution in [0.4, 0.5) is 0 Å². The minimum absolute atomic E-state index is 0.192. The van der Waals surface area contributed by atoms with E-state index in [2.05, 4.69) is 182 Å². The van der Waals surface area contributed by atoms with Crippen molar-refractivity contribution in [1.29, 1.82) is 0 Å². The second kappa shape index (κ2) is 10.7. The van der Waals surface area contributed by atoms with Crippen molar-refractivity contribution in [3.63, 3.8) is 0 Å². The van der Waals surface area contributed by atoms with Gasteiger partial charge in [0.05, 0.1) is 22.2 Å². The summed E-state index contributed by atoms with van der Waals surface area (Å²) in [5.41, 5.74) is 12.8. The van der Waals surface area contributed by atoms with Crippen LogP contribution in [0.5, 0.6) is 0 Å². The molecule has 0 atom stereocenters. The molecule has 0 amide bonds. The van der Waals surface area contributed by atoms with E-state index in [1.54, 1.807) is 0 Å². The Morgan fingerprint density at radius 3 is 1.92 bits per heavy atom. The van der Waals surface area contributed by atoms with E-state index in [4.69, 9.17) is 9.97 Å². The number of fused-ring (bicyclic) bond motifs is 10. The second-order valence-electron chi connectivity index (χ2n) is 14.6. The van der Waals surface area contributed by atoms with Crippen LogP contribution in [0.3, 0.4) is 0 Å². The molecular weight excluding hydrogens is 631 g/mol. The molecule has 0 radical (unpaired) electrons. The second-order valence-corrected chi connectivity index (χ2v) is 14.6. The van der Waals surface area contributed by atoms with E-state index in [0.717, 1.165) is 38.6 Å². The first-order valence-electron chi connectivity index (χ1n) is 18.0. The SMILES string of the molecule is CC1(C)c2cc3ccc(-c4ccccc4)cc3cc2-c2cc3c4ccccc4n(-c4nc(-c5ccccc5)c5ccc6ccccc6c5n4)c3cc21. The van der Waals surface area contributed by atoms with E-state index in [-0.39, 0.29) is 5.41 Å². The quantitative estimate of drug-likeness (QED) is 0.176. The van der Waals surface area contributed by atoms with Gasteiger partial charge in [0.1, 0.15) is 0 Å². The van der Waals surface area contributed by atoms with Gasteiger partial charge in [-0.3, -0.25) is 4.57 Å². The molecule has 0 N–H and O–H groups in total. The average Bonchev–Trinajstić information content (AvgIpc) is 3.63. The molecule has 52 heavy (non-hydrogen) atoms. The van der Waals surface area contributed by atoms with E-state index < -0.39 is 0 Å². The van der Waals surface area contributed by atoms with Gasteiger partial charge in [0.15, 0.2) is 0 Å². The molecule has 8 aromatic carbocycles. The third kappa shape index (κ3) is 4.14. The summed E-state index contributed by atoms with van der Waals surface area (Å²) in [6, 6.07) is 59.3. The highest BCUT2D eigenvalue weighted by atomic mass is 15.2. The van der Waals surface area contributed by atoms with E-state index in [1.807, 2.05) is 0 Å². The fourth-order valence-electron chi connectivity index (χ4n) is 8.73. The van der Waals surface area contributed by atoms with Crippen LogP contribution in [0.1, 0.15) is 25.0 Å². The monoisotopic (exact) mass is 663 g/mol. The maximum atomic E-state index is 5.42. The molecule has 10 aromatic rings. The van der Waals surface area contributed by atoms with Crippen LogP contribution < -0.4 is 0 Å². The van der Waals surface area contributed by atoms with E-state index in [1.165, 1.54) is 60.3 Å². The zero-order valence-corrected chi connectivity index (χ0v) is 28.9. The largest absolute Gasteiger partial charge is 0.278 e. The molecule has 1 aliphatic carbocycles. The standard InChI is InChI=1S/C49H33N3/c1-49(2)42-27-34-22-21-33(30-13-5-3-6-14-30)25-35(34)26-39(42)40-28-41-37-19-11-12-20-44(37)52(45(41)29-43(40)49)48-50-46(32-16-7-4-8-17-32)38-24-23-31-15-9-10-18-36(31)47(38)51-48/h3-29H,1-2H3. The van der Waals surface area contributed by atoms with Gasteiger partial charge in [-0.25, -0.2) is 9.97 Å². The van der Waals surface area contributed by atoms with Gasteiger partial charge in [-0.1, -0.05) is 135 Å². The Bertz CT molecular complexity index is 3080. The zero-order valence-electron chi connectivity index (χ0n) is 28.9. The van der Waals surface area contributed by atoms with Crippen LogP contribution >= 0.6 is 0 Å². The van der Waals surface area contributed by atoms with Crippen molar-refractivity contribution in [2.45, 2.75) is 19.3 Å². The number of rotatable bonds is 3. The van der Waals surface area contributed by atoms with Crippen molar-refractivity contribution >= 4 is 54.3 Å². The fourth-order valence-corrected chi connectivity index (χ4v) is 8.73. The van der Waals surface area contributed by atoms with Crippen LogP contribution in [0.25, 0.3) is 93.7 Å². The van der Waals surface area contributed by atoms with Crippen LogP contribution in [-0.4, -0.2) is 14.5 Å². The highest BCUT2D eigenvalue weighted by Gasteiger charge is 2.37. The molecule has 0 bridgehead atoms. The molecule has 0 fully saturated rings. The van der Waals surface area contributed by atoms with Crippen molar-refractivity contribution in [3.8, 4) is 39.5 Å². The lowest BCUT2D eigenvalue weighted by Gasteiger charge is -2.22. The normalized spacial score (nSPS) is 13.3. The molecule has 0 aliphatic heterocycles. The Kier molecular flexibility index (Phi) is 6.01. The molecule has 0 unspecified atom stereocenters. The molecule has 0 saturated carbocycles. The number of hydrogen-bond donors (Lipinski definition) is 0. The Labute approximate surface area is 301 Å². The average molecular weight is 664 g/mol. The minimum atomic E-state index is -0.192. The van der Waals surface area contributed by atoms with Gasteiger partial charge < -0.3 is 0 Å². The summed E-state index contributed by atoms with van der Waals surface area (Å²) in [5.74, 6) is 0.682. The molecule has 0 saturated heterocycles. The fraction of sp³-hybridized carbons (Fsp3) is 0.0612. The predicted octanol–water partition coefficient (Wildman–Crippen LogP) is 12.7. The number of benzene rings is 8. The van der Waals surface area contributed by atoms with Gasteiger partial charge in [-0.2, -0.15) is 0 Å². The lowest BCUT2D eigenvalue weighted by atomic mass is 9.81. The summed E-state index contributed by atoms with van der Waals surface area (Å²) in [5, 5.41) is 8.28. The van der Waals surface area contributed by atoms with E-state index >= 15 is 0 Å². The zero-order chi connectivity index (χ0) is 34.6. The van der Waals surface area contributed by atoms with Gasteiger partial charge >= 0.3 is 0 Å². The van der Waals surface area contributed by atoms with Crippen LogP contribution in [0, 0.1) is 0 Å². The summed E-state index contributed by atoms with van der Waals surface area (Å²) in [6.45, 7) is 4.74. The summed E-state index contributed by atoms with van der Waals surface area (Å²) in [4.78, 5) is 10.8. The third-order valence-electron chi connectivity index (χ3n) is 11.4. The molecule has 11 rings (SSSR count). The van der Waals surface area contributed by atoms with Gasteiger partial charge in [-0.15, -0.1) is 0 Å². The first kappa shape index (κ1) is 29.2. The predicted molar refractivity (Wildman–Crippen MR) is 217 cm³/mol. The summed E-state index contributed by atoms with van der Waals surface area (Å²) in [7, 11) is 0. The third-order valence-corrected chi connectivity index (χ3v) is 11.4. The van der Waals surface area contributed by atoms with E-state index in [0.29, 0.717) is 5.95 Å². The minimum Gasteiger partial charge on any atom is -0.278 e. The maximum absolute atomic E-state index is 5.42. The molecular formula is C49H33N3. The topological polar surface area (TPSA) is 30.7 Å². The van der Waals surface area contributed by atoms with Crippen molar-refractivity contribution in [1.82, 2.24) is 14.5 Å². The number of nitrogens with zero attached hydrogens (tertiary/aromatic N) is 3. The number of para-hydroxylation sites is 1. The first-order chi connectivity index (χ1) is 25.5. The van der Waals surface area contributed by atoms with Crippen LogP contribution in [-0.2, 0) is 5.41 Å². The Morgan fingerprint density at radius 1 is 0.423 bits per heavy atom. The maximum Gasteiger partial charge on any atom is 0.235 e. The highest BCUT2D eigenvalue weighted by molar-refractivity contribution is 6.13. The van der Waals surface area contributed by atoms with E-state index in [9.17, 15) is 0 Å². The molecule has 1 aliphatic rings. The van der Waals surface area contributed by atoms with Gasteiger partial charge in [0.25, 0.3) is 0 Å². The molecule has 0 spiro atoms. The number of aromatic nitrogens is 3. The summed E-state index contributed by atoms with van der Waals surface area (Å²) in [6.07, 6.45) is 0.